The first-order valence-electron chi connectivity index (χ1n) is 6.68. The Morgan fingerprint density at radius 2 is 1.77 bits per heavy atom. The lowest BCUT2D eigenvalue weighted by atomic mass is 10.1. The topological polar surface area (TPSA) is 44.1 Å². The molecule has 1 aromatic heterocycles. The number of carbonyl (C=O) groups is 1. The summed E-state index contributed by atoms with van der Waals surface area (Å²) in [5.74, 6) is 0.639. The van der Waals surface area contributed by atoms with Gasteiger partial charge in [0, 0.05) is 5.56 Å². The minimum Gasteiger partial charge on any atom is -0.496 e. The molecule has 1 heterocycles. The molecule has 0 saturated carbocycles. The summed E-state index contributed by atoms with van der Waals surface area (Å²) in [6, 6.07) is 16.8. The molecule has 0 saturated heterocycles. The normalized spacial score (nSPS) is 10.5. The van der Waals surface area contributed by atoms with Crippen LogP contribution in [0.2, 0.25) is 5.15 Å². The second-order valence-corrected chi connectivity index (χ2v) is 4.98. The highest BCUT2D eigenvalue weighted by molar-refractivity contribution is 6.32. The number of ether oxygens (including phenoxy) is 1. The quantitative estimate of drug-likeness (QED) is 0.684. The molecule has 4 nitrogen and oxygen atoms in total. The second-order valence-electron chi connectivity index (χ2n) is 4.62. The molecule has 0 aliphatic heterocycles. The highest BCUT2D eigenvalue weighted by atomic mass is 35.5. The third-order valence-electron chi connectivity index (χ3n) is 3.34. The number of hydrogen-bond donors (Lipinski definition) is 0. The van der Waals surface area contributed by atoms with E-state index in [2.05, 4.69) is 5.10 Å². The van der Waals surface area contributed by atoms with Gasteiger partial charge in [0.25, 0.3) is 0 Å². The van der Waals surface area contributed by atoms with Gasteiger partial charge in [0.2, 0.25) is 0 Å². The van der Waals surface area contributed by atoms with E-state index >= 15 is 0 Å². The molecule has 2 aromatic carbocycles. The van der Waals surface area contributed by atoms with Crippen molar-refractivity contribution in [2.24, 2.45) is 0 Å². The Hall–Kier alpha value is -2.59. The summed E-state index contributed by atoms with van der Waals surface area (Å²) in [7, 11) is 1.58. The first-order valence-corrected chi connectivity index (χ1v) is 7.06. The number of nitrogens with zero attached hydrogens (tertiary/aromatic N) is 2. The highest BCUT2D eigenvalue weighted by Crippen LogP contribution is 2.34. The summed E-state index contributed by atoms with van der Waals surface area (Å²) in [6.07, 6.45) is 0.719. The van der Waals surface area contributed by atoms with Crippen LogP contribution in [-0.4, -0.2) is 23.2 Å². The summed E-state index contributed by atoms with van der Waals surface area (Å²) in [5, 5.41) is 4.78. The number of rotatable bonds is 4. The molecular formula is C17H13ClN2O2. The predicted octanol–water partition coefficient (Wildman–Crippen LogP) is 4.01. The van der Waals surface area contributed by atoms with Gasteiger partial charge >= 0.3 is 0 Å². The van der Waals surface area contributed by atoms with Gasteiger partial charge in [-0.05, 0) is 24.3 Å². The smallest absolute Gasteiger partial charge is 0.155 e. The standard InChI is InChI=1S/C17H13ClN2O2/c1-22-15-10-6-5-9-13(15)16-14(11-21)17(18)20(19-16)12-7-3-2-4-8-12/h2-11H,1H3. The molecule has 22 heavy (non-hydrogen) atoms. The van der Waals surface area contributed by atoms with Crippen LogP contribution in [0.25, 0.3) is 16.9 Å². The number of para-hydroxylation sites is 2. The van der Waals surface area contributed by atoms with Crippen molar-refractivity contribution >= 4 is 17.9 Å². The zero-order chi connectivity index (χ0) is 15.5. The van der Waals surface area contributed by atoms with E-state index in [1.165, 1.54) is 0 Å². The average Bonchev–Trinajstić information content (AvgIpc) is 2.92. The van der Waals surface area contributed by atoms with Gasteiger partial charge in [-0.2, -0.15) is 5.10 Å². The summed E-state index contributed by atoms with van der Waals surface area (Å²) in [5.41, 5.74) is 2.36. The summed E-state index contributed by atoms with van der Waals surface area (Å²) in [6.45, 7) is 0. The molecule has 0 fully saturated rings. The van der Waals surface area contributed by atoms with E-state index in [9.17, 15) is 4.79 Å². The lowest BCUT2D eigenvalue weighted by Crippen LogP contribution is -1.96. The third-order valence-corrected chi connectivity index (χ3v) is 3.71. The molecule has 0 N–H and O–H groups in total. The Balaban J connectivity index is 2.23. The molecule has 3 rings (SSSR count). The van der Waals surface area contributed by atoms with E-state index in [4.69, 9.17) is 16.3 Å². The largest absolute Gasteiger partial charge is 0.496 e. The molecule has 0 unspecified atom stereocenters. The number of methoxy groups -OCH3 is 1. The number of hydrogen-bond acceptors (Lipinski definition) is 3. The molecule has 3 aromatic rings. The van der Waals surface area contributed by atoms with E-state index in [-0.39, 0.29) is 5.15 Å². The Bertz CT molecular complexity index is 813. The van der Waals surface area contributed by atoms with Gasteiger partial charge in [-0.3, -0.25) is 4.79 Å². The van der Waals surface area contributed by atoms with Gasteiger partial charge in [0.15, 0.2) is 6.29 Å². The first kappa shape index (κ1) is 14.4. The van der Waals surface area contributed by atoms with Gasteiger partial charge in [-0.25, -0.2) is 4.68 Å². The molecule has 0 radical (unpaired) electrons. The molecule has 0 amide bonds. The molecule has 0 aliphatic rings. The van der Waals surface area contributed by atoms with Crippen molar-refractivity contribution in [3.8, 4) is 22.7 Å². The van der Waals surface area contributed by atoms with Crippen LogP contribution in [0, 0.1) is 0 Å². The van der Waals surface area contributed by atoms with Crippen LogP contribution in [0.15, 0.2) is 54.6 Å². The average molecular weight is 313 g/mol. The van der Waals surface area contributed by atoms with E-state index in [1.807, 2.05) is 54.6 Å². The van der Waals surface area contributed by atoms with Crippen LogP contribution in [-0.2, 0) is 0 Å². The summed E-state index contributed by atoms with van der Waals surface area (Å²) in [4.78, 5) is 11.5. The Morgan fingerprint density at radius 1 is 1.09 bits per heavy atom. The van der Waals surface area contributed by atoms with E-state index in [0.717, 1.165) is 17.5 Å². The first-order chi connectivity index (χ1) is 10.8. The van der Waals surface area contributed by atoms with Gasteiger partial charge in [-0.15, -0.1) is 0 Å². The lowest BCUT2D eigenvalue weighted by molar-refractivity contribution is 0.112. The number of benzene rings is 2. The number of aromatic nitrogens is 2. The number of aldehydes is 1. The Morgan fingerprint density at radius 3 is 2.45 bits per heavy atom. The maximum Gasteiger partial charge on any atom is 0.155 e. The van der Waals surface area contributed by atoms with Crippen molar-refractivity contribution < 1.29 is 9.53 Å². The van der Waals surface area contributed by atoms with Crippen LogP contribution in [0.5, 0.6) is 5.75 Å². The fraction of sp³-hybridized carbons (Fsp3) is 0.0588. The van der Waals surface area contributed by atoms with Crippen molar-refractivity contribution in [1.29, 1.82) is 0 Å². The highest BCUT2D eigenvalue weighted by Gasteiger charge is 2.20. The van der Waals surface area contributed by atoms with E-state index < -0.39 is 0 Å². The van der Waals surface area contributed by atoms with Gasteiger partial charge in [0.1, 0.15) is 16.6 Å². The van der Waals surface area contributed by atoms with E-state index in [1.54, 1.807) is 11.8 Å². The van der Waals surface area contributed by atoms with Crippen molar-refractivity contribution in [2.75, 3.05) is 7.11 Å². The Labute approximate surface area is 132 Å². The number of halogens is 1. The molecule has 110 valence electrons. The van der Waals surface area contributed by atoms with Gasteiger partial charge < -0.3 is 4.74 Å². The minimum atomic E-state index is 0.280. The van der Waals surface area contributed by atoms with Crippen molar-refractivity contribution in [3.63, 3.8) is 0 Å². The van der Waals surface area contributed by atoms with Gasteiger partial charge in [-0.1, -0.05) is 41.9 Å². The van der Waals surface area contributed by atoms with Crippen molar-refractivity contribution in [1.82, 2.24) is 9.78 Å². The molecule has 0 aliphatic carbocycles. The van der Waals surface area contributed by atoms with Gasteiger partial charge in [0.05, 0.1) is 18.4 Å². The molecule has 5 heteroatoms. The maximum absolute atomic E-state index is 11.5. The SMILES string of the molecule is COc1ccccc1-c1nn(-c2ccccc2)c(Cl)c1C=O. The van der Waals surface area contributed by atoms with Crippen LogP contribution < -0.4 is 4.74 Å². The van der Waals surface area contributed by atoms with Crippen molar-refractivity contribution in [3.05, 3.63) is 65.3 Å². The molecule has 0 atom stereocenters. The zero-order valence-corrected chi connectivity index (χ0v) is 12.6. The van der Waals surface area contributed by atoms with Crippen LogP contribution in [0.1, 0.15) is 10.4 Å². The molecule has 0 bridgehead atoms. The minimum absolute atomic E-state index is 0.280. The second kappa shape index (κ2) is 6.03. The fourth-order valence-electron chi connectivity index (χ4n) is 2.29. The summed E-state index contributed by atoms with van der Waals surface area (Å²) >= 11 is 6.34. The monoisotopic (exact) mass is 312 g/mol. The van der Waals surface area contributed by atoms with E-state index in [0.29, 0.717) is 17.0 Å². The zero-order valence-electron chi connectivity index (χ0n) is 11.9. The number of carbonyl (C=O) groups excluding carboxylic acids is 1. The third kappa shape index (κ3) is 2.38. The summed E-state index contributed by atoms with van der Waals surface area (Å²) < 4.78 is 6.89. The lowest BCUT2D eigenvalue weighted by Gasteiger charge is -2.06. The fourth-order valence-corrected chi connectivity index (χ4v) is 2.56. The molecule has 0 spiro atoms. The van der Waals surface area contributed by atoms with Crippen LogP contribution in [0.3, 0.4) is 0 Å². The van der Waals surface area contributed by atoms with Crippen molar-refractivity contribution in [2.45, 2.75) is 0 Å². The van der Waals surface area contributed by atoms with Crippen LogP contribution >= 0.6 is 11.6 Å². The predicted molar refractivity (Wildman–Crippen MR) is 85.9 cm³/mol. The molecular weight excluding hydrogens is 300 g/mol. The van der Waals surface area contributed by atoms with Crippen LogP contribution in [0.4, 0.5) is 0 Å². The Kier molecular flexibility index (Phi) is 3.94. The maximum atomic E-state index is 11.5.